The van der Waals surface area contributed by atoms with Gasteiger partial charge in [0.2, 0.25) is 5.91 Å². The predicted octanol–water partition coefficient (Wildman–Crippen LogP) is 2.03. The molecule has 2 rings (SSSR count). The normalized spacial score (nSPS) is 11.6. The third kappa shape index (κ3) is 4.35. The number of furan rings is 1. The van der Waals surface area contributed by atoms with Gasteiger partial charge in [0, 0.05) is 5.56 Å². The Labute approximate surface area is 134 Å². The van der Waals surface area contributed by atoms with Gasteiger partial charge in [-0.05, 0) is 43.7 Å². The topological polar surface area (TPSA) is 80.6 Å². The van der Waals surface area contributed by atoms with Gasteiger partial charge in [-0.3, -0.25) is 9.59 Å². The number of methoxy groups -OCH3 is 1. The second-order valence-corrected chi connectivity index (χ2v) is 5.18. The number of carbonyl (C=O) groups excluding carboxylic acids is 2. The average molecular weight is 316 g/mol. The molecule has 6 nitrogen and oxygen atoms in total. The minimum Gasteiger partial charge on any atom is -0.496 e. The smallest absolute Gasteiger partial charge is 0.252 e. The van der Waals surface area contributed by atoms with Crippen molar-refractivity contribution >= 4 is 11.8 Å². The van der Waals surface area contributed by atoms with E-state index in [1.165, 1.54) is 6.26 Å². The van der Waals surface area contributed by atoms with E-state index in [1.54, 1.807) is 44.4 Å². The van der Waals surface area contributed by atoms with Crippen molar-refractivity contribution in [3.8, 4) is 5.75 Å². The van der Waals surface area contributed by atoms with Crippen LogP contribution in [0.5, 0.6) is 5.75 Å². The van der Waals surface area contributed by atoms with E-state index in [0.717, 1.165) is 5.56 Å². The van der Waals surface area contributed by atoms with E-state index in [1.807, 2.05) is 6.92 Å². The van der Waals surface area contributed by atoms with E-state index in [0.29, 0.717) is 17.1 Å². The summed E-state index contributed by atoms with van der Waals surface area (Å²) in [7, 11) is 1.55. The third-order valence-electron chi connectivity index (χ3n) is 3.43. The lowest BCUT2D eigenvalue weighted by Crippen LogP contribution is -2.44. The van der Waals surface area contributed by atoms with Crippen molar-refractivity contribution in [1.82, 2.24) is 10.6 Å². The fourth-order valence-corrected chi connectivity index (χ4v) is 2.05. The molecular weight excluding hydrogens is 296 g/mol. The van der Waals surface area contributed by atoms with Gasteiger partial charge in [0.05, 0.1) is 19.9 Å². The van der Waals surface area contributed by atoms with E-state index < -0.39 is 6.04 Å². The monoisotopic (exact) mass is 316 g/mol. The second kappa shape index (κ2) is 7.49. The molecule has 0 radical (unpaired) electrons. The first-order valence-corrected chi connectivity index (χ1v) is 7.27. The Morgan fingerprint density at radius 2 is 2.09 bits per heavy atom. The highest BCUT2D eigenvalue weighted by Crippen LogP contribution is 2.18. The van der Waals surface area contributed by atoms with Crippen molar-refractivity contribution in [3.05, 3.63) is 53.5 Å². The Bertz CT molecular complexity index is 680. The SMILES string of the molecule is COc1cc(C(=O)N[C@H](C)C(=O)NCc2ccco2)ccc1C. The van der Waals surface area contributed by atoms with E-state index in [-0.39, 0.29) is 18.4 Å². The van der Waals surface area contributed by atoms with E-state index >= 15 is 0 Å². The van der Waals surface area contributed by atoms with Crippen LogP contribution in [0.4, 0.5) is 0 Å². The zero-order valence-electron chi connectivity index (χ0n) is 13.4. The van der Waals surface area contributed by atoms with Crippen LogP contribution in [0.3, 0.4) is 0 Å². The number of benzene rings is 1. The first kappa shape index (κ1) is 16.6. The second-order valence-electron chi connectivity index (χ2n) is 5.18. The maximum Gasteiger partial charge on any atom is 0.252 e. The van der Waals surface area contributed by atoms with Crippen LogP contribution in [-0.4, -0.2) is 25.0 Å². The van der Waals surface area contributed by atoms with Crippen LogP contribution in [0, 0.1) is 6.92 Å². The number of hydrogen-bond donors (Lipinski definition) is 2. The summed E-state index contributed by atoms with van der Waals surface area (Å²) in [5, 5.41) is 5.36. The lowest BCUT2D eigenvalue weighted by molar-refractivity contribution is -0.122. The van der Waals surface area contributed by atoms with Gasteiger partial charge in [-0.25, -0.2) is 0 Å². The van der Waals surface area contributed by atoms with Gasteiger partial charge in [-0.2, -0.15) is 0 Å². The molecule has 0 aliphatic heterocycles. The summed E-state index contributed by atoms with van der Waals surface area (Å²) >= 11 is 0. The molecule has 0 unspecified atom stereocenters. The first-order chi connectivity index (χ1) is 11.0. The molecule has 0 bridgehead atoms. The van der Waals surface area contributed by atoms with Gasteiger partial charge in [0.25, 0.3) is 5.91 Å². The highest BCUT2D eigenvalue weighted by Gasteiger charge is 2.17. The lowest BCUT2D eigenvalue weighted by Gasteiger charge is -2.14. The van der Waals surface area contributed by atoms with Gasteiger partial charge >= 0.3 is 0 Å². The number of hydrogen-bond acceptors (Lipinski definition) is 4. The zero-order chi connectivity index (χ0) is 16.8. The lowest BCUT2D eigenvalue weighted by atomic mass is 10.1. The van der Waals surface area contributed by atoms with Gasteiger partial charge in [-0.1, -0.05) is 6.07 Å². The van der Waals surface area contributed by atoms with Crippen LogP contribution in [0.2, 0.25) is 0 Å². The summed E-state index contributed by atoms with van der Waals surface area (Å²) in [6.45, 7) is 3.80. The van der Waals surface area contributed by atoms with Gasteiger partial charge in [0.1, 0.15) is 17.6 Å². The molecule has 1 aromatic heterocycles. The summed E-state index contributed by atoms with van der Waals surface area (Å²) in [5.41, 5.74) is 1.38. The Hall–Kier alpha value is -2.76. The molecule has 0 spiro atoms. The number of nitrogens with one attached hydrogen (secondary N) is 2. The summed E-state index contributed by atoms with van der Waals surface area (Å²) in [5.74, 6) is 0.672. The molecule has 0 fully saturated rings. The molecule has 1 aromatic carbocycles. The molecule has 2 N–H and O–H groups in total. The summed E-state index contributed by atoms with van der Waals surface area (Å²) in [6, 6.07) is 8.00. The number of rotatable bonds is 6. The Kier molecular flexibility index (Phi) is 5.41. The first-order valence-electron chi connectivity index (χ1n) is 7.27. The van der Waals surface area contributed by atoms with Crippen molar-refractivity contribution < 1.29 is 18.7 Å². The highest BCUT2D eigenvalue weighted by molar-refractivity contribution is 5.97. The molecule has 1 atom stereocenters. The van der Waals surface area contributed by atoms with Crippen molar-refractivity contribution in [1.29, 1.82) is 0 Å². The molecule has 2 aromatic rings. The van der Waals surface area contributed by atoms with Crippen molar-refractivity contribution in [3.63, 3.8) is 0 Å². The summed E-state index contributed by atoms with van der Waals surface area (Å²) in [4.78, 5) is 24.2. The van der Waals surface area contributed by atoms with Gasteiger partial charge in [0.15, 0.2) is 0 Å². The standard InChI is InChI=1S/C17H20N2O4/c1-11-6-7-13(9-15(11)22-3)17(21)19-12(2)16(20)18-10-14-5-4-8-23-14/h4-9,12H,10H2,1-3H3,(H,18,20)(H,19,21)/t12-/m1/s1. The average Bonchev–Trinajstić information content (AvgIpc) is 3.06. The fraction of sp³-hybridized carbons (Fsp3) is 0.294. The quantitative estimate of drug-likeness (QED) is 0.854. The Morgan fingerprint density at radius 1 is 1.30 bits per heavy atom. The molecule has 0 saturated heterocycles. The summed E-state index contributed by atoms with van der Waals surface area (Å²) < 4.78 is 10.3. The summed E-state index contributed by atoms with van der Waals surface area (Å²) in [6.07, 6.45) is 1.54. The maximum absolute atomic E-state index is 12.2. The van der Waals surface area contributed by atoms with Crippen LogP contribution in [-0.2, 0) is 11.3 Å². The minimum absolute atomic E-state index is 0.282. The largest absolute Gasteiger partial charge is 0.496 e. The van der Waals surface area contributed by atoms with Gasteiger partial charge in [-0.15, -0.1) is 0 Å². The Balaban J connectivity index is 1.92. The maximum atomic E-state index is 12.2. The molecule has 23 heavy (non-hydrogen) atoms. The van der Waals surface area contributed by atoms with Crippen LogP contribution in [0.15, 0.2) is 41.0 Å². The number of amides is 2. The molecule has 2 amide bonds. The van der Waals surface area contributed by atoms with Crippen LogP contribution >= 0.6 is 0 Å². The van der Waals surface area contributed by atoms with Crippen molar-refractivity contribution in [2.45, 2.75) is 26.4 Å². The third-order valence-corrected chi connectivity index (χ3v) is 3.43. The van der Waals surface area contributed by atoms with E-state index in [2.05, 4.69) is 10.6 Å². The minimum atomic E-state index is -0.662. The van der Waals surface area contributed by atoms with Crippen LogP contribution < -0.4 is 15.4 Å². The number of ether oxygens (including phenoxy) is 1. The molecule has 0 aliphatic rings. The molecule has 122 valence electrons. The van der Waals surface area contributed by atoms with Crippen molar-refractivity contribution in [2.75, 3.05) is 7.11 Å². The molecular formula is C17H20N2O4. The molecule has 0 saturated carbocycles. The number of aryl methyl sites for hydroxylation is 1. The highest BCUT2D eigenvalue weighted by atomic mass is 16.5. The van der Waals surface area contributed by atoms with Crippen molar-refractivity contribution in [2.24, 2.45) is 0 Å². The van der Waals surface area contributed by atoms with Crippen LogP contribution in [0.1, 0.15) is 28.6 Å². The van der Waals surface area contributed by atoms with Crippen LogP contribution in [0.25, 0.3) is 0 Å². The zero-order valence-corrected chi connectivity index (χ0v) is 13.4. The van der Waals surface area contributed by atoms with Gasteiger partial charge < -0.3 is 19.8 Å². The molecule has 0 aliphatic carbocycles. The Morgan fingerprint density at radius 3 is 2.74 bits per heavy atom. The van der Waals surface area contributed by atoms with E-state index in [9.17, 15) is 9.59 Å². The molecule has 1 heterocycles. The predicted molar refractivity (Wildman–Crippen MR) is 85.2 cm³/mol. The fourth-order valence-electron chi connectivity index (χ4n) is 2.05. The van der Waals surface area contributed by atoms with E-state index in [4.69, 9.17) is 9.15 Å². The number of carbonyl (C=O) groups is 2. The molecule has 6 heteroatoms.